The van der Waals surface area contributed by atoms with Crippen LogP contribution in [0.2, 0.25) is 0 Å². The maximum atomic E-state index is 6.63. The van der Waals surface area contributed by atoms with Gasteiger partial charge in [-0.3, -0.25) is 0 Å². The SMILES string of the molecule is c1ccc2c(c1)Oc1ccccc1C21c2ccccc2-c2c(-c3ccc(N(c4ccc(-c5cc6ccccc6c6ccccc56)cc4)c4ccc5oc6c7ccccc7ccc6c5c4)cc3)cccc21. The van der Waals surface area contributed by atoms with Gasteiger partial charge in [-0.05, 0) is 138 Å². The van der Waals surface area contributed by atoms with Gasteiger partial charge in [0.15, 0.2) is 0 Å². The van der Waals surface area contributed by atoms with Crippen LogP contribution in [0.25, 0.3) is 87.6 Å². The molecule has 15 rings (SSSR count). The summed E-state index contributed by atoms with van der Waals surface area (Å²) >= 11 is 0. The Bertz CT molecular complexity index is 4230. The number of fused-ring (bicyclic) bond motifs is 17. The summed E-state index contributed by atoms with van der Waals surface area (Å²) in [4.78, 5) is 2.38. The first-order valence-corrected chi connectivity index (χ1v) is 24.1. The van der Waals surface area contributed by atoms with Gasteiger partial charge in [0.05, 0.1) is 5.41 Å². The minimum atomic E-state index is -0.530. The van der Waals surface area contributed by atoms with Gasteiger partial charge in [-0.2, -0.15) is 0 Å². The number of hydrogen-bond donors (Lipinski definition) is 0. The van der Waals surface area contributed by atoms with Crippen LogP contribution in [0.4, 0.5) is 17.1 Å². The zero-order valence-electron chi connectivity index (χ0n) is 37.9. The van der Waals surface area contributed by atoms with E-state index in [1.165, 1.54) is 77.0 Å². The molecule has 1 aliphatic heterocycles. The molecule has 0 unspecified atom stereocenters. The molecule has 0 saturated heterocycles. The summed E-state index contributed by atoms with van der Waals surface area (Å²) in [6, 6.07) is 90.4. The first kappa shape index (κ1) is 38.9. The van der Waals surface area contributed by atoms with Gasteiger partial charge in [-0.25, -0.2) is 0 Å². The standard InChI is InChI=1S/C67H41NO2/c1-4-17-51-42(14-1)32-38-54-57-41-48(37-39-62(57)70-66(51)54)68(47-35-30-44(31-36-47)56-40-45-15-2-3-16-49(45)52-18-5-6-19-53(52)56)46-33-28-43(29-34-46)50-21-13-25-61-65(50)55-20-7-8-22-58(55)67(61)59-23-9-11-26-63(59)69-64-27-12-10-24-60(64)67/h1-41H. The lowest BCUT2D eigenvalue weighted by atomic mass is 9.66. The van der Waals surface area contributed by atoms with Crippen molar-refractivity contribution in [2.45, 2.75) is 5.41 Å². The van der Waals surface area contributed by atoms with Crippen molar-refractivity contribution in [1.82, 2.24) is 0 Å². The Morgan fingerprint density at radius 1 is 0.314 bits per heavy atom. The second kappa shape index (κ2) is 14.9. The molecule has 1 aromatic heterocycles. The minimum Gasteiger partial charge on any atom is -0.457 e. The molecule has 1 aliphatic carbocycles. The van der Waals surface area contributed by atoms with Gasteiger partial charge in [0.1, 0.15) is 22.7 Å². The highest BCUT2D eigenvalue weighted by Crippen LogP contribution is 2.63. The molecule has 0 radical (unpaired) electrons. The van der Waals surface area contributed by atoms with Crippen molar-refractivity contribution in [3.8, 4) is 44.9 Å². The molecule has 0 bridgehead atoms. The average Bonchev–Trinajstić information content (AvgIpc) is 3.95. The van der Waals surface area contributed by atoms with Gasteiger partial charge in [0.25, 0.3) is 0 Å². The van der Waals surface area contributed by atoms with Crippen LogP contribution in [0.3, 0.4) is 0 Å². The number of para-hydroxylation sites is 2. The monoisotopic (exact) mass is 891 g/mol. The van der Waals surface area contributed by atoms with E-state index in [1.54, 1.807) is 0 Å². The van der Waals surface area contributed by atoms with E-state index < -0.39 is 5.41 Å². The second-order valence-corrected chi connectivity index (χ2v) is 18.7. The van der Waals surface area contributed by atoms with E-state index in [9.17, 15) is 0 Å². The molecule has 0 saturated carbocycles. The lowest BCUT2D eigenvalue weighted by Gasteiger charge is -2.39. The van der Waals surface area contributed by atoms with Gasteiger partial charge in [0, 0.05) is 44.3 Å². The predicted octanol–water partition coefficient (Wildman–Crippen LogP) is 18.3. The first-order chi connectivity index (χ1) is 34.7. The zero-order valence-corrected chi connectivity index (χ0v) is 37.9. The van der Waals surface area contributed by atoms with Gasteiger partial charge < -0.3 is 14.1 Å². The molecule has 0 fully saturated rings. The highest BCUT2D eigenvalue weighted by atomic mass is 16.5. The van der Waals surface area contributed by atoms with Crippen molar-refractivity contribution in [2.75, 3.05) is 4.90 Å². The highest BCUT2D eigenvalue weighted by molar-refractivity contribution is 6.16. The topological polar surface area (TPSA) is 25.6 Å². The largest absolute Gasteiger partial charge is 0.457 e. The molecule has 13 aromatic rings. The molecule has 0 N–H and O–H groups in total. The maximum absolute atomic E-state index is 6.63. The van der Waals surface area contributed by atoms with E-state index >= 15 is 0 Å². The molecule has 2 aliphatic rings. The van der Waals surface area contributed by atoms with Crippen LogP contribution in [0, 0.1) is 0 Å². The number of hydrogen-bond acceptors (Lipinski definition) is 3. The van der Waals surface area contributed by atoms with Crippen LogP contribution in [-0.4, -0.2) is 0 Å². The van der Waals surface area contributed by atoms with Crippen LogP contribution in [0.1, 0.15) is 22.3 Å². The molecule has 12 aromatic carbocycles. The van der Waals surface area contributed by atoms with Crippen molar-refractivity contribution in [3.63, 3.8) is 0 Å². The Labute approximate surface area is 404 Å². The van der Waals surface area contributed by atoms with Gasteiger partial charge >= 0.3 is 0 Å². The van der Waals surface area contributed by atoms with E-state index in [0.717, 1.165) is 61.4 Å². The van der Waals surface area contributed by atoms with E-state index in [0.29, 0.717) is 0 Å². The van der Waals surface area contributed by atoms with Crippen molar-refractivity contribution < 1.29 is 9.15 Å². The molecule has 0 amide bonds. The third-order valence-electron chi connectivity index (χ3n) is 15.1. The number of benzene rings is 12. The Morgan fingerprint density at radius 3 is 1.61 bits per heavy atom. The maximum Gasteiger partial charge on any atom is 0.143 e. The minimum absolute atomic E-state index is 0.530. The third-order valence-corrected chi connectivity index (χ3v) is 15.1. The number of furan rings is 1. The number of rotatable bonds is 5. The van der Waals surface area contributed by atoms with Crippen LogP contribution in [0.15, 0.2) is 253 Å². The van der Waals surface area contributed by atoms with Gasteiger partial charge in [-0.1, -0.05) is 182 Å². The molecule has 70 heavy (non-hydrogen) atoms. The summed E-state index contributed by atoms with van der Waals surface area (Å²) in [6.07, 6.45) is 0. The molecule has 3 nitrogen and oxygen atoms in total. The van der Waals surface area contributed by atoms with Crippen molar-refractivity contribution in [2.24, 2.45) is 0 Å². The lowest BCUT2D eigenvalue weighted by molar-refractivity contribution is 0.436. The second-order valence-electron chi connectivity index (χ2n) is 18.7. The highest BCUT2D eigenvalue weighted by Gasteiger charge is 2.51. The molecular formula is C67H41NO2. The number of anilines is 3. The number of nitrogens with zero attached hydrogens (tertiary/aromatic N) is 1. The third kappa shape index (κ3) is 5.52. The van der Waals surface area contributed by atoms with Gasteiger partial charge in [0.2, 0.25) is 0 Å². The number of ether oxygens (including phenoxy) is 1. The average molecular weight is 892 g/mol. The molecule has 1 spiro atoms. The molecule has 326 valence electrons. The van der Waals surface area contributed by atoms with Crippen LogP contribution in [0.5, 0.6) is 11.5 Å². The summed E-state index contributed by atoms with van der Waals surface area (Å²) in [5.41, 5.74) is 16.6. The van der Waals surface area contributed by atoms with Gasteiger partial charge in [-0.15, -0.1) is 0 Å². The molecular weight excluding hydrogens is 851 g/mol. The summed E-state index contributed by atoms with van der Waals surface area (Å²) in [5.74, 6) is 1.79. The quantitative estimate of drug-likeness (QED) is 0.161. The Hall–Kier alpha value is -9.18. The first-order valence-electron chi connectivity index (χ1n) is 24.1. The fraction of sp³-hybridized carbons (Fsp3) is 0.0149. The van der Waals surface area contributed by atoms with E-state index in [-0.39, 0.29) is 0 Å². The summed E-state index contributed by atoms with van der Waals surface area (Å²) < 4.78 is 13.2. The Morgan fingerprint density at radius 2 is 0.871 bits per heavy atom. The predicted molar refractivity (Wildman–Crippen MR) is 289 cm³/mol. The van der Waals surface area contributed by atoms with Crippen molar-refractivity contribution >= 4 is 71.3 Å². The summed E-state index contributed by atoms with van der Waals surface area (Å²) in [7, 11) is 0. The smallest absolute Gasteiger partial charge is 0.143 e. The fourth-order valence-electron chi connectivity index (χ4n) is 12.1. The Balaban J connectivity index is 0.892. The molecule has 2 heterocycles. The van der Waals surface area contributed by atoms with Crippen LogP contribution in [-0.2, 0) is 5.41 Å². The van der Waals surface area contributed by atoms with Crippen molar-refractivity contribution in [3.05, 3.63) is 271 Å². The van der Waals surface area contributed by atoms with Crippen molar-refractivity contribution in [1.29, 1.82) is 0 Å². The Kier molecular flexibility index (Phi) is 8.28. The molecule has 3 heteroatoms. The molecule has 0 atom stereocenters. The van der Waals surface area contributed by atoms with Crippen LogP contribution >= 0.6 is 0 Å². The summed E-state index contributed by atoms with van der Waals surface area (Å²) in [6.45, 7) is 0. The van der Waals surface area contributed by atoms with E-state index in [4.69, 9.17) is 9.15 Å². The zero-order chi connectivity index (χ0) is 45.9. The lowest BCUT2D eigenvalue weighted by Crippen LogP contribution is -2.32. The van der Waals surface area contributed by atoms with E-state index in [2.05, 4.69) is 254 Å². The normalized spacial score (nSPS) is 13.1. The fourth-order valence-corrected chi connectivity index (χ4v) is 12.1. The summed E-state index contributed by atoms with van der Waals surface area (Å²) in [5, 5.41) is 9.50. The van der Waals surface area contributed by atoms with E-state index in [1.807, 2.05) is 0 Å². The van der Waals surface area contributed by atoms with Crippen LogP contribution < -0.4 is 9.64 Å².